The van der Waals surface area contributed by atoms with E-state index in [1.165, 1.54) is 60.2 Å². The topological polar surface area (TPSA) is 0 Å². The summed E-state index contributed by atoms with van der Waals surface area (Å²) in [6.45, 7) is 0. The first kappa shape index (κ1) is 19.4. The molecular weight excluding hydrogens is 373 g/mol. The van der Waals surface area contributed by atoms with Crippen LogP contribution in [0.4, 0.5) is 0 Å². The second kappa shape index (κ2) is 10.9. The predicted molar refractivity (Wildman–Crippen MR) is 115 cm³/mol. The Labute approximate surface area is 159 Å². The summed E-state index contributed by atoms with van der Waals surface area (Å²) in [6.07, 6.45) is 6.02. The molecule has 2 bridgehead atoms. The highest BCUT2D eigenvalue weighted by Gasteiger charge is 2.51. The molecule has 0 aromatic rings. The van der Waals surface area contributed by atoms with Crippen LogP contribution in [0.3, 0.4) is 0 Å². The van der Waals surface area contributed by atoms with Crippen molar-refractivity contribution in [1.29, 1.82) is 0 Å². The summed E-state index contributed by atoms with van der Waals surface area (Å²) in [6, 6.07) is 0. The number of thiol groups is 2. The highest BCUT2D eigenvalue weighted by molar-refractivity contribution is 8.18. The minimum atomic E-state index is 0.575. The van der Waals surface area contributed by atoms with Crippen LogP contribution in [-0.2, 0) is 0 Å². The van der Waals surface area contributed by atoms with Gasteiger partial charge in [-0.15, -0.1) is 23.5 Å². The largest absolute Gasteiger partial charge is 0.179 e. The van der Waals surface area contributed by atoms with Gasteiger partial charge in [0, 0.05) is 34.5 Å². The van der Waals surface area contributed by atoms with Crippen LogP contribution in [0.5, 0.6) is 0 Å². The van der Waals surface area contributed by atoms with Crippen molar-refractivity contribution in [2.45, 2.75) is 29.8 Å². The van der Waals surface area contributed by atoms with Gasteiger partial charge in [0.05, 0.1) is 4.08 Å². The molecule has 2 unspecified atom stereocenters. The molecule has 2 saturated carbocycles. The van der Waals surface area contributed by atoms with E-state index in [0.29, 0.717) is 4.08 Å². The number of thioether (sulfide) groups is 4. The molecule has 0 aromatic carbocycles. The summed E-state index contributed by atoms with van der Waals surface area (Å²) in [5, 5.41) is 0. The fourth-order valence-electron chi connectivity index (χ4n) is 3.50. The second-order valence-corrected chi connectivity index (χ2v) is 12.2. The van der Waals surface area contributed by atoms with E-state index in [9.17, 15) is 0 Å². The lowest BCUT2D eigenvalue weighted by Crippen LogP contribution is -2.29. The van der Waals surface area contributed by atoms with Gasteiger partial charge in [0.1, 0.15) is 0 Å². The lowest BCUT2D eigenvalue weighted by molar-refractivity contribution is 0.467. The number of fused-ring (bicyclic) bond motifs is 2. The Morgan fingerprint density at radius 2 is 1.43 bits per heavy atom. The van der Waals surface area contributed by atoms with Crippen molar-refractivity contribution in [3.05, 3.63) is 0 Å². The van der Waals surface area contributed by atoms with Gasteiger partial charge in [-0.2, -0.15) is 48.8 Å². The number of hydrogen-bond acceptors (Lipinski definition) is 6. The van der Waals surface area contributed by atoms with E-state index in [4.69, 9.17) is 0 Å². The van der Waals surface area contributed by atoms with E-state index in [1.807, 2.05) is 0 Å². The van der Waals surface area contributed by atoms with Crippen LogP contribution in [0.2, 0.25) is 0 Å². The Kier molecular flexibility index (Phi) is 10.0. The van der Waals surface area contributed by atoms with Crippen LogP contribution in [0.1, 0.15) is 25.7 Å². The van der Waals surface area contributed by atoms with E-state index in [-0.39, 0.29) is 0 Å². The summed E-state index contributed by atoms with van der Waals surface area (Å²) in [7, 11) is 0. The summed E-state index contributed by atoms with van der Waals surface area (Å²) in [4.78, 5) is 0. The zero-order chi connectivity index (χ0) is 15.0. The molecule has 0 heterocycles. The van der Waals surface area contributed by atoms with Gasteiger partial charge in [0.2, 0.25) is 0 Å². The SMILES string of the molecule is SCCSCCSC1(SCCSCCS)CC2CCC1C2. The van der Waals surface area contributed by atoms with Crippen molar-refractivity contribution in [2.24, 2.45) is 11.8 Å². The molecule has 0 amide bonds. The molecule has 2 atom stereocenters. The molecule has 2 fully saturated rings. The maximum Gasteiger partial charge on any atom is 0.0642 e. The number of hydrogen-bond donors (Lipinski definition) is 2. The molecule has 6 heteroatoms. The van der Waals surface area contributed by atoms with Gasteiger partial charge in [-0.05, 0) is 42.6 Å². The molecule has 0 aliphatic heterocycles. The summed E-state index contributed by atoms with van der Waals surface area (Å²) in [5.41, 5.74) is 0. The average Bonchev–Trinajstić information content (AvgIpc) is 3.08. The monoisotopic (exact) mass is 400 g/mol. The van der Waals surface area contributed by atoms with Gasteiger partial charge in [-0.3, -0.25) is 0 Å². The lowest BCUT2D eigenvalue weighted by atomic mass is 10.00. The molecule has 0 radical (unpaired) electrons. The summed E-state index contributed by atoms with van der Waals surface area (Å²) >= 11 is 17.3. The Hall–Kier alpha value is 2.10. The third-order valence-electron chi connectivity index (χ3n) is 4.36. The maximum atomic E-state index is 4.30. The Morgan fingerprint density at radius 1 is 0.810 bits per heavy atom. The van der Waals surface area contributed by atoms with E-state index >= 15 is 0 Å². The Bertz CT molecular complexity index is 271. The molecule has 124 valence electrons. The Balaban J connectivity index is 1.73. The van der Waals surface area contributed by atoms with Crippen LogP contribution in [0.15, 0.2) is 0 Å². The van der Waals surface area contributed by atoms with Crippen LogP contribution in [-0.4, -0.2) is 50.1 Å². The quantitative estimate of drug-likeness (QED) is 0.259. The van der Waals surface area contributed by atoms with Crippen molar-refractivity contribution in [3.63, 3.8) is 0 Å². The molecule has 2 aliphatic rings. The molecule has 0 N–H and O–H groups in total. The first-order valence-corrected chi connectivity index (χ1v) is 13.5. The first-order chi connectivity index (χ1) is 10.3. The molecule has 0 nitrogen and oxygen atoms in total. The molecule has 0 spiro atoms. The lowest BCUT2D eigenvalue weighted by Gasteiger charge is -2.37. The normalized spacial score (nSPS) is 26.6. The Morgan fingerprint density at radius 3 is 1.86 bits per heavy atom. The van der Waals surface area contributed by atoms with Crippen LogP contribution in [0, 0.1) is 11.8 Å². The minimum Gasteiger partial charge on any atom is -0.179 e. The van der Waals surface area contributed by atoms with Crippen molar-refractivity contribution in [1.82, 2.24) is 0 Å². The average molecular weight is 401 g/mol. The molecular formula is C15H28S6. The molecule has 2 aliphatic carbocycles. The fourth-order valence-corrected chi connectivity index (χ4v) is 9.69. The van der Waals surface area contributed by atoms with E-state index in [1.54, 1.807) is 0 Å². The predicted octanol–water partition coefficient (Wildman–Crippen LogP) is 5.30. The molecule has 0 aromatic heterocycles. The van der Waals surface area contributed by atoms with Gasteiger partial charge in [0.15, 0.2) is 0 Å². The van der Waals surface area contributed by atoms with Gasteiger partial charge >= 0.3 is 0 Å². The fraction of sp³-hybridized carbons (Fsp3) is 1.00. The van der Waals surface area contributed by atoms with Crippen molar-refractivity contribution in [3.8, 4) is 0 Å². The molecule has 21 heavy (non-hydrogen) atoms. The van der Waals surface area contributed by atoms with Crippen LogP contribution in [0.25, 0.3) is 0 Å². The molecule has 2 rings (SSSR count). The van der Waals surface area contributed by atoms with Gasteiger partial charge < -0.3 is 0 Å². The summed E-state index contributed by atoms with van der Waals surface area (Å²) < 4.78 is 0.575. The number of rotatable bonds is 12. The van der Waals surface area contributed by atoms with Gasteiger partial charge in [0.25, 0.3) is 0 Å². The van der Waals surface area contributed by atoms with Crippen molar-refractivity contribution < 1.29 is 0 Å². The van der Waals surface area contributed by atoms with Gasteiger partial charge in [-0.25, -0.2) is 0 Å². The highest BCUT2D eigenvalue weighted by atomic mass is 32.2. The second-order valence-electron chi connectivity index (χ2n) is 5.76. The zero-order valence-electron chi connectivity index (χ0n) is 12.7. The maximum absolute atomic E-state index is 4.30. The zero-order valence-corrected chi connectivity index (χ0v) is 17.7. The molecule has 0 saturated heterocycles. The van der Waals surface area contributed by atoms with Crippen LogP contribution >= 0.6 is 72.3 Å². The first-order valence-electron chi connectivity index (χ1n) is 7.96. The third-order valence-corrected chi connectivity index (χ3v) is 11.4. The third kappa shape index (κ3) is 6.15. The minimum absolute atomic E-state index is 0.575. The summed E-state index contributed by atoms with van der Waals surface area (Å²) in [5.74, 6) is 11.8. The smallest absolute Gasteiger partial charge is 0.0642 e. The van der Waals surface area contributed by atoms with Gasteiger partial charge in [-0.1, -0.05) is 6.42 Å². The van der Waals surface area contributed by atoms with Crippen molar-refractivity contribution in [2.75, 3.05) is 46.0 Å². The highest BCUT2D eigenvalue weighted by Crippen LogP contribution is 2.62. The van der Waals surface area contributed by atoms with E-state index in [0.717, 1.165) is 23.3 Å². The standard InChI is InChI=1S/C15H28S6/c16-3-5-18-7-9-20-15(21-10-8-19-6-4-17)12-13-1-2-14(15)11-13/h13-14,16-17H,1-12H2. The van der Waals surface area contributed by atoms with E-state index < -0.39 is 0 Å². The van der Waals surface area contributed by atoms with Crippen molar-refractivity contribution >= 4 is 72.3 Å². The van der Waals surface area contributed by atoms with E-state index in [2.05, 4.69) is 72.3 Å². The van der Waals surface area contributed by atoms with Crippen LogP contribution < -0.4 is 0 Å².